The van der Waals surface area contributed by atoms with E-state index in [0.29, 0.717) is 24.7 Å². The largest absolute Gasteiger partial charge is 0.368 e. The van der Waals surface area contributed by atoms with Crippen molar-refractivity contribution < 1.29 is 9.59 Å². The first-order chi connectivity index (χ1) is 11.2. The molecule has 0 spiro atoms. The maximum Gasteiger partial charge on any atom is 0.331 e. The second-order valence-corrected chi connectivity index (χ2v) is 5.32. The predicted molar refractivity (Wildman–Crippen MR) is 83.6 cm³/mol. The Labute approximate surface area is 131 Å². The zero-order chi connectivity index (χ0) is 16.0. The average Bonchev–Trinajstić information content (AvgIpc) is 3.18. The Morgan fingerprint density at radius 3 is 2.78 bits per heavy atom. The van der Waals surface area contributed by atoms with Crippen LogP contribution < -0.4 is 10.6 Å². The highest BCUT2D eigenvalue weighted by atomic mass is 16.2. The van der Waals surface area contributed by atoms with Gasteiger partial charge in [-0.1, -0.05) is 18.2 Å². The lowest BCUT2D eigenvalue weighted by molar-refractivity contribution is -0.116. The number of carbonyl (C=O) groups is 2. The Kier molecular flexibility index (Phi) is 2.90. The lowest BCUT2D eigenvalue weighted by Gasteiger charge is -2.33. The van der Waals surface area contributed by atoms with Crippen molar-refractivity contribution in [2.75, 3.05) is 24.5 Å². The number of nitrogens with two attached hydrogens (primary N) is 1. The molecule has 116 valence electrons. The number of hydrogen-bond donors (Lipinski definition) is 1. The van der Waals surface area contributed by atoms with Crippen molar-refractivity contribution in [2.24, 2.45) is 10.7 Å². The zero-order valence-corrected chi connectivity index (χ0v) is 12.2. The van der Waals surface area contributed by atoms with Crippen LogP contribution in [0.4, 0.5) is 10.6 Å². The van der Waals surface area contributed by atoms with E-state index in [9.17, 15) is 9.59 Å². The second kappa shape index (κ2) is 4.94. The minimum Gasteiger partial charge on any atom is -0.368 e. The molecule has 3 heterocycles. The molecule has 2 aliphatic heterocycles. The van der Waals surface area contributed by atoms with Gasteiger partial charge in [-0.3, -0.25) is 19.6 Å². The summed E-state index contributed by atoms with van der Waals surface area (Å²) >= 11 is 0. The topological polar surface area (TPSA) is 96.8 Å². The number of aliphatic imine (C=N–C) groups is 1. The molecule has 2 aromatic rings. The molecule has 8 nitrogen and oxygen atoms in total. The fourth-order valence-corrected chi connectivity index (χ4v) is 2.92. The summed E-state index contributed by atoms with van der Waals surface area (Å²) in [6.07, 6.45) is 1.67. The van der Waals surface area contributed by atoms with Crippen molar-refractivity contribution in [1.29, 1.82) is 0 Å². The molecule has 23 heavy (non-hydrogen) atoms. The van der Waals surface area contributed by atoms with E-state index in [-0.39, 0.29) is 12.6 Å². The van der Waals surface area contributed by atoms with Gasteiger partial charge in [-0.05, 0) is 12.1 Å². The minimum absolute atomic E-state index is 0.200. The molecule has 0 saturated carbocycles. The van der Waals surface area contributed by atoms with Crippen LogP contribution in [-0.2, 0) is 4.79 Å². The number of anilines is 1. The molecule has 0 fully saturated rings. The van der Waals surface area contributed by atoms with Crippen LogP contribution in [0.15, 0.2) is 41.5 Å². The summed E-state index contributed by atoms with van der Waals surface area (Å²) in [6.45, 7) is 0.842. The molecule has 0 aliphatic carbocycles. The third kappa shape index (κ3) is 1.99. The van der Waals surface area contributed by atoms with Crippen LogP contribution in [0.25, 0.3) is 5.69 Å². The monoisotopic (exact) mass is 310 g/mol. The van der Waals surface area contributed by atoms with Gasteiger partial charge in [-0.2, -0.15) is 5.10 Å². The summed E-state index contributed by atoms with van der Waals surface area (Å²) in [4.78, 5) is 31.5. The lowest BCUT2D eigenvalue weighted by atomic mass is 10.2. The van der Waals surface area contributed by atoms with E-state index in [1.807, 2.05) is 30.3 Å². The number of primary amides is 1. The maximum atomic E-state index is 12.7. The van der Waals surface area contributed by atoms with Crippen LogP contribution in [0.3, 0.4) is 0 Å². The van der Waals surface area contributed by atoms with Gasteiger partial charge in [0.05, 0.1) is 24.0 Å². The normalized spacial score (nSPS) is 16.2. The van der Waals surface area contributed by atoms with E-state index in [2.05, 4.69) is 10.1 Å². The van der Waals surface area contributed by atoms with Gasteiger partial charge in [0.1, 0.15) is 12.4 Å². The number of carbonyl (C=O) groups excluding carboxylic acids is 2. The fourth-order valence-electron chi connectivity index (χ4n) is 2.92. The summed E-state index contributed by atoms with van der Waals surface area (Å²) in [5.41, 5.74) is 6.85. The van der Waals surface area contributed by atoms with Crippen molar-refractivity contribution in [3.8, 4) is 5.69 Å². The Bertz CT molecular complexity index is 826. The van der Waals surface area contributed by atoms with Crippen molar-refractivity contribution in [2.45, 2.75) is 0 Å². The van der Waals surface area contributed by atoms with Gasteiger partial charge >= 0.3 is 6.03 Å². The standard InChI is InChI=1S/C15H14N6O2/c16-12(22)9-20-14-11(13-17-6-7-19(13)15(20)23)8-18-21(14)10-4-2-1-3-5-10/h1-5,8H,6-7,9H2,(H2,16,22). The summed E-state index contributed by atoms with van der Waals surface area (Å²) < 4.78 is 1.63. The number of benzene rings is 1. The first-order valence-electron chi connectivity index (χ1n) is 7.22. The summed E-state index contributed by atoms with van der Waals surface area (Å²) in [7, 11) is 0. The maximum absolute atomic E-state index is 12.7. The summed E-state index contributed by atoms with van der Waals surface area (Å²) in [6, 6.07) is 9.11. The van der Waals surface area contributed by atoms with Gasteiger partial charge in [0.25, 0.3) is 0 Å². The van der Waals surface area contributed by atoms with E-state index in [4.69, 9.17) is 5.73 Å². The molecule has 8 heteroatoms. The molecule has 2 aliphatic rings. The van der Waals surface area contributed by atoms with Crippen LogP contribution in [-0.4, -0.2) is 52.1 Å². The first kappa shape index (κ1) is 13.5. The molecular formula is C15H14N6O2. The molecule has 1 aromatic heterocycles. The predicted octanol–water partition coefficient (Wildman–Crippen LogP) is 0.360. The first-order valence-corrected chi connectivity index (χ1v) is 7.22. The van der Waals surface area contributed by atoms with E-state index in [1.54, 1.807) is 15.8 Å². The number of fused-ring (bicyclic) bond motifs is 3. The molecule has 0 atom stereocenters. The average molecular weight is 310 g/mol. The highest BCUT2D eigenvalue weighted by Crippen LogP contribution is 2.32. The number of para-hydroxylation sites is 1. The molecule has 1 aromatic carbocycles. The molecule has 2 N–H and O–H groups in total. The number of nitrogens with zero attached hydrogens (tertiary/aromatic N) is 5. The SMILES string of the molecule is NC(=O)CN1C(=O)N2CCN=C2c2cnn(-c3ccccc3)c21. The van der Waals surface area contributed by atoms with Gasteiger partial charge < -0.3 is 5.73 Å². The van der Waals surface area contributed by atoms with Crippen LogP contribution in [0.5, 0.6) is 0 Å². The van der Waals surface area contributed by atoms with Crippen molar-refractivity contribution in [1.82, 2.24) is 14.7 Å². The minimum atomic E-state index is -0.579. The molecule has 0 unspecified atom stereocenters. The van der Waals surface area contributed by atoms with E-state index < -0.39 is 5.91 Å². The quantitative estimate of drug-likeness (QED) is 0.886. The summed E-state index contributed by atoms with van der Waals surface area (Å²) in [5, 5.41) is 4.38. The number of urea groups is 1. The Morgan fingerprint density at radius 2 is 2.04 bits per heavy atom. The van der Waals surface area contributed by atoms with Crippen molar-refractivity contribution >= 4 is 23.6 Å². The highest BCUT2D eigenvalue weighted by Gasteiger charge is 2.40. The van der Waals surface area contributed by atoms with Gasteiger partial charge in [-0.15, -0.1) is 0 Å². The molecule has 0 saturated heterocycles. The molecule has 3 amide bonds. The van der Waals surface area contributed by atoms with E-state index in [1.165, 1.54) is 4.90 Å². The number of amidine groups is 1. The highest BCUT2D eigenvalue weighted by molar-refractivity contribution is 6.20. The van der Waals surface area contributed by atoms with Crippen LogP contribution in [0, 0.1) is 0 Å². The number of aromatic nitrogens is 2. The smallest absolute Gasteiger partial charge is 0.331 e. The van der Waals surface area contributed by atoms with Gasteiger partial charge in [-0.25, -0.2) is 9.48 Å². The number of hydrogen-bond acceptors (Lipinski definition) is 4. The van der Waals surface area contributed by atoms with Crippen LogP contribution in [0.2, 0.25) is 0 Å². The fraction of sp³-hybridized carbons (Fsp3) is 0.200. The second-order valence-electron chi connectivity index (χ2n) is 5.32. The third-order valence-electron chi connectivity index (χ3n) is 3.86. The molecular weight excluding hydrogens is 296 g/mol. The van der Waals surface area contributed by atoms with Crippen molar-refractivity contribution in [3.63, 3.8) is 0 Å². The number of amides is 3. The Hall–Kier alpha value is -3.16. The molecule has 0 bridgehead atoms. The number of rotatable bonds is 3. The van der Waals surface area contributed by atoms with Gasteiger partial charge in [0.15, 0.2) is 5.82 Å². The zero-order valence-electron chi connectivity index (χ0n) is 12.2. The van der Waals surface area contributed by atoms with Gasteiger partial charge in [0.2, 0.25) is 5.91 Å². The third-order valence-corrected chi connectivity index (χ3v) is 3.86. The lowest BCUT2D eigenvalue weighted by Crippen LogP contribution is -2.52. The van der Waals surface area contributed by atoms with Crippen LogP contribution in [0.1, 0.15) is 5.56 Å². The Morgan fingerprint density at radius 1 is 1.26 bits per heavy atom. The Balaban J connectivity index is 1.91. The summed E-state index contributed by atoms with van der Waals surface area (Å²) in [5.74, 6) is 0.550. The van der Waals surface area contributed by atoms with E-state index >= 15 is 0 Å². The van der Waals surface area contributed by atoms with E-state index in [0.717, 1.165) is 11.3 Å². The van der Waals surface area contributed by atoms with Crippen LogP contribution >= 0.6 is 0 Å². The molecule has 4 rings (SSSR count). The molecule has 0 radical (unpaired) electrons. The van der Waals surface area contributed by atoms with Crippen molar-refractivity contribution in [3.05, 3.63) is 42.1 Å². The van der Waals surface area contributed by atoms with Gasteiger partial charge in [0, 0.05) is 6.54 Å².